The molecular weight excluding hydrogens is 169 g/mol. The Morgan fingerprint density at radius 2 is 0.600 bits per heavy atom. The van der Waals surface area contributed by atoms with Crippen LogP contribution in [-0.2, 0) is 0 Å². The van der Waals surface area contributed by atoms with Gasteiger partial charge in [-0.05, 0) is 0 Å². The summed E-state index contributed by atoms with van der Waals surface area (Å²) in [5, 5.41) is 0. The van der Waals surface area contributed by atoms with Crippen molar-refractivity contribution in [1.82, 2.24) is 0 Å². The van der Waals surface area contributed by atoms with Crippen molar-refractivity contribution in [1.29, 1.82) is 0 Å². The summed E-state index contributed by atoms with van der Waals surface area (Å²) in [4.78, 5) is 0. The van der Waals surface area contributed by atoms with Crippen LogP contribution in [0.4, 0.5) is 0 Å². The average Bonchev–Trinajstić information content (AvgIpc) is 0. The van der Waals surface area contributed by atoms with Crippen molar-refractivity contribution in [2.45, 2.75) is 0 Å². The van der Waals surface area contributed by atoms with E-state index >= 15 is 0 Å². The van der Waals surface area contributed by atoms with E-state index in [1.165, 1.54) is 0 Å². The van der Waals surface area contributed by atoms with Gasteiger partial charge in [0.15, 0.2) is 0 Å². The van der Waals surface area contributed by atoms with Crippen molar-refractivity contribution in [2.75, 3.05) is 0 Å². The van der Waals surface area contributed by atoms with Gasteiger partial charge in [0.25, 0.3) is 0 Å². The summed E-state index contributed by atoms with van der Waals surface area (Å²) in [6, 6.07) is 0. The van der Waals surface area contributed by atoms with Crippen LogP contribution in [0.5, 0.6) is 0 Å². The zero-order valence-corrected chi connectivity index (χ0v) is 8.93. The van der Waals surface area contributed by atoms with Gasteiger partial charge in [-0.15, -0.1) is 0 Å². The molecule has 0 spiro atoms. The monoisotopic (exact) mass is 172 g/mol. The summed E-state index contributed by atoms with van der Waals surface area (Å²) in [5.41, 5.74) is 0. The zero-order chi connectivity index (χ0) is 0. The fraction of sp³-hybridized carbons (Fsp3) is 0. The van der Waals surface area contributed by atoms with E-state index in [1.807, 2.05) is 0 Å². The van der Waals surface area contributed by atoms with Gasteiger partial charge in [-0.1, -0.05) is 0 Å². The Bertz CT molecular complexity index is 6.85. The quantitative estimate of drug-likeness (QED) is 0.317. The Morgan fingerprint density at radius 1 is 0.600 bits per heavy atom. The van der Waals surface area contributed by atoms with E-state index in [9.17, 15) is 0 Å². The van der Waals surface area contributed by atoms with Crippen LogP contribution in [0.3, 0.4) is 0 Å². The molecule has 0 rings (SSSR count). The van der Waals surface area contributed by atoms with Gasteiger partial charge in [-0.25, -0.2) is 0 Å². The zero-order valence-electron chi connectivity index (χ0n) is 2.84. The third kappa shape index (κ3) is 24.3. The molecule has 0 aromatic heterocycles. The third-order valence-electron chi connectivity index (χ3n) is 0. The minimum Gasteiger partial charge on any atom is 1.00 e. The van der Waals surface area contributed by atoms with Gasteiger partial charge < -0.3 is 14.1 Å². The van der Waals surface area contributed by atoms with Gasteiger partial charge in [0.05, 0.1) is 0 Å². The van der Waals surface area contributed by atoms with Crippen LogP contribution in [0.1, 0.15) is 0 Å². The molecule has 0 bridgehead atoms. The summed E-state index contributed by atoms with van der Waals surface area (Å²) in [6.07, 6.45) is 0. The molecule has 0 aromatic rings. The molecule has 0 N–H and O–H groups in total. The predicted octanol–water partition coefficient (Wildman–Crippen LogP) is -12.9. The summed E-state index contributed by atoms with van der Waals surface area (Å²) in [5.74, 6) is 0. The normalized spacial score (nSPS) is 0. The average molecular weight is 171 g/mol. The molecule has 0 nitrogen and oxygen atoms in total. The maximum absolute atomic E-state index is 0. The van der Waals surface area contributed by atoms with Crippen LogP contribution in [0.25, 0.3) is 0 Å². The molecular formula is H2F3GeK. The van der Waals surface area contributed by atoms with Crippen LogP contribution in [-0.4, -0.2) is 17.6 Å². The fourth-order valence-corrected chi connectivity index (χ4v) is 0. The van der Waals surface area contributed by atoms with Crippen LogP contribution in [0.2, 0.25) is 0 Å². The maximum Gasteiger partial charge on any atom is 1.00 e. The number of hydrogen-bond donors (Lipinski definition) is 0. The molecule has 5 heavy (non-hydrogen) atoms. The van der Waals surface area contributed by atoms with Gasteiger partial charge in [-0.2, -0.15) is 0 Å². The third-order valence-corrected chi connectivity index (χ3v) is 0. The van der Waals surface area contributed by atoms with E-state index < -0.39 is 0 Å². The molecule has 0 amide bonds. The topological polar surface area (TPSA) is 0 Å². The van der Waals surface area contributed by atoms with Gasteiger partial charge >= 0.3 is 69.0 Å². The maximum atomic E-state index is 0. The second-order valence-electron chi connectivity index (χ2n) is 0. The SMILES string of the molecule is [F-].[F-].[F-].[GeH2+2].[K+]. The molecule has 0 aliphatic heterocycles. The number of halogens is 3. The molecule has 0 fully saturated rings. The van der Waals surface area contributed by atoms with Crippen molar-refractivity contribution >= 4 is 17.6 Å². The minimum atomic E-state index is 0. The summed E-state index contributed by atoms with van der Waals surface area (Å²) in [7, 11) is 0. The molecule has 0 heterocycles. The first-order valence-electron chi connectivity index (χ1n) is 0. The van der Waals surface area contributed by atoms with Gasteiger partial charge in [0.2, 0.25) is 0 Å². The largest absolute Gasteiger partial charge is 1.00 e. The van der Waals surface area contributed by atoms with Crippen LogP contribution in [0, 0.1) is 0 Å². The van der Waals surface area contributed by atoms with Gasteiger partial charge in [0, 0.05) is 0 Å². The van der Waals surface area contributed by atoms with E-state index in [0.717, 1.165) is 0 Å². The van der Waals surface area contributed by atoms with Crippen molar-refractivity contribution in [3.05, 3.63) is 0 Å². The Labute approximate surface area is 81.6 Å². The summed E-state index contributed by atoms with van der Waals surface area (Å²) >= 11 is 0. The summed E-state index contributed by atoms with van der Waals surface area (Å²) in [6.45, 7) is 0. The van der Waals surface area contributed by atoms with Crippen molar-refractivity contribution < 1.29 is 65.5 Å². The standard InChI is InChI=1S/3FH.GeH2.K/h3*1H;1H2;/q;;;+2;+1/p-3. The van der Waals surface area contributed by atoms with Crippen LogP contribution in [0.15, 0.2) is 0 Å². The summed E-state index contributed by atoms with van der Waals surface area (Å²) < 4.78 is 0. The molecule has 0 saturated carbocycles. The Morgan fingerprint density at radius 3 is 0.600 bits per heavy atom. The van der Waals surface area contributed by atoms with Crippen LogP contribution >= 0.6 is 0 Å². The van der Waals surface area contributed by atoms with Crippen LogP contribution < -0.4 is 65.5 Å². The smallest absolute Gasteiger partial charge is 1.00 e. The van der Waals surface area contributed by atoms with E-state index in [1.54, 1.807) is 0 Å². The number of hydrogen-bond acceptors (Lipinski definition) is 0. The van der Waals surface area contributed by atoms with Crippen molar-refractivity contribution in [3.63, 3.8) is 0 Å². The molecule has 0 radical (unpaired) electrons. The van der Waals surface area contributed by atoms with Gasteiger partial charge in [0.1, 0.15) is 0 Å². The first-order chi connectivity index (χ1) is 0. The Hall–Kier alpha value is 1.97. The molecule has 0 aromatic carbocycles. The molecule has 0 aliphatic rings. The predicted molar refractivity (Wildman–Crippen MR) is 8.54 cm³/mol. The molecule has 0 saturated heterocycles. The molecule has 28 valence electrons. The second-order valence-corrected chi connectivity index (χ2v) is 0. The van der Waals surface area contributed by atoms with E-state index in [2.05, 4.69) is 0 Å². The minimum absolute atomic E-state index is 0. The second kappa shape index (κ2) is 38.0. The first-order valence-corrected chi connectivity index (χ1v) is 0. The number of rotatable bonds is 0. The van der Waals surface area contributed by atoms with Crippen molar-refractivity contribution in [3.8, 4) is 0 Å². The van der Waals surface area contributed by atoms with Gasteiger partial charge in [-0.3, -0.25) is 0 Å². The van der Waals surface area contributed by atoms with E-state index in [0.29, 0.717) is 0 Å². The Kier molecular flexibility index (Phi) is 487. The first kappa shape index (κ1) is 64.0. The molecule has 5 heteroatoms. The van der Waals surface area contributed by atoms with Crippen molar-refractivity contribution in [2.24, 2.45) is 0 Å². The van der Waals surface area contributed by atoms with E-state index in [4.69, 9.17) is 0 Å². The molecule has 0 aliphatic carbocycles. The fourth-order valence-electron chi connectivity index (χ4n) is 0. The molecule has 0 atom stereocenters. The molecule has 0 unspecified atom stereocenters. The van der Waals surface area contributed by atoms with E-state index in [-0.39, 0.29) is 83.1 Å². The Balaban J connectivity index is 0.